The summed E-state index contributed by atoms with van der Waals surface area (Å²) in [4.78, 5) is 12.7. The highest BCUT2D eigenvalue weighted by molar-refractivity contribution is 5.26. The van der Waals surface area contributed by atoms with Crippen molar-refractivity contribution >= 4 is 0 Å². The van der Waals surface area contributed by atoms with Crippen LogP contribution in [-0.2, 0) is 12.0 Å². The van der Waals surface area contributed by atoms with Gasteiger partial charge in [0.05, 0.1) is 11.6 Å². The number of fused-ring (bicyclic) bond motifs is 1. The first-order valence-electron chi connectivity index (χ1n) is 7.65. The van der Waals surface area contributed by atoms with Crippen LogP contribution >= 0.6 is 0 Å². The second kappa shape index (κ2) is 3.67. The van der Waals surface area contributed by atoms with Crippen molar-refractivity contribution in [2.24, 2.45) is 0 Å². The van der Waals surface area contributed by atoms with Gasteiger partial charge >= 0.3 is 5.69 Å². The zero-order chi connectivity index (χ0) is 15.1. The van der Waals surface area contributed by atoms with E-state index in [1.54, 1.807) is 10.6 Å². The molecule has 0 spiro atoms. The molecule has 0 unspecified atom stereocenters. The van der Waals surface area contributed by atoms with E-state index >= 15 is 0 Å². The van der Waals surface area contributed by atoms with Crippen LogP contribution in [0, 0.1) is 5.82 Å². The van der Waals surface area contributed by atoms with Gasteiger partial charge in [-0.1, -0.05) is 12.1 Å². The maximum atomic E-state index is 13.7. The molecule has 2 aromatic rings. The molecule has 114 valence electrons. The van der Waals surface area contributed by atoms with E-state index in [4.69, 9.17) is 0 Å². The second-order valence-electron chi connectivity index (χ2n) is 7.00. The summed E-state index contributed by atoms with van der Waals surface area (Å²) in [7, 11) is 0. The summed E-state index contributed by atoms with van der Waals surface area (Å²) < 4.78 is 30.3. The van der Waals surface area contributed by atoms with Gasteiger partial charge in [0.1, 0.15) is 17.3 Å². The summed E-state index contributed by atoms with van der Waals surface area (Å²) in [6.07, 6.45) is 2.66. The van der Waals surface area contributed by atoms with Crippen molar-refractivity contribution in [1.82, 2.24) is 14.3 Å². The van der Waals surface area contributed by atoms with E-state index in [2.05, 4.69) is 5.10 Å². The molecule has 2 heterocycles. The number of nitrogens with zero attached hydrogens (tertiary/aromatic N) is 3. The summed E-state index contributed by atoms with van der Waals surface area (Å²) in [5.41, 5.74) is -0.839. The highest BCUT2D eigenvalue weighted by Crippen LogP contribution is 2.66. The summed E-state index contributed by atoms with van der Waals surface area (Å²) in [5, 5.41) is 4.46. The Labute approximate surface area is 125 Å². The van der Waals surface area contributed by atoms with Crippen LogP contribution in [0.1, 0.15) is 43.1 Å². The zero-order valence-electron chi connectivity index (χ0n) is 11.9. The number of aromatic nitrogens is 3. The fraction of sp³-hybridized carbons (Fsp3) is 0.500. The molecule has 1 aromatic carbocycles. The van der Waals surface area contributed by atoms with Gasteiger partial charge in [-0.25, -0.2) is 18.3 Å². The van der Waals surface area contributed by atoms with Crippen molar-refractivity contribution in [3.63, 3.8) is 0 Å². The van der Waals surface area contributed by atoms with Gasteiger partial charge < -0.3 is 0 Å². The molecule has 0 N–H and O–H groups in total. The molecular formula is C16H15F2N3O. The number of rotatable bonds is 2. The van der Waals surface area contributed by atoms with Gasteiger partial charge in [-0.15, -0.1) is 0 Å². The van der Waals surface area contributed by atoms with Crippen LogP contribution in [0.5, 0.6) is 0 Å². The van der Waals surface area contributed by atoms with E-state index in [1.165, 1.54) is 16.8 Å². The average molecular weight is 303 g/mol. The summed E-state index contributed by atoms with van der Waals surface area (Å²) >= 11 is 0. The molecule has 3 fully saturated rings. The quantitative estimate of drug-likeness (QED) is 0.854. The molecule has 1 aliphatic heterocycles. The predicted octanol–water partition coefficient (Wildman–Crippen LogP) is 2.32. The van der Waals surface area contributed by atoms with E-state index in [-0.39, 0.29) is 17.5 Å². The molecule has 3 saturated carbocycles. The minimum absolute atomic E-state index is 0.168. The van der Waals surface area contributed by atoms with Gasteiger partial charge in [0.2, 0.25) is 0 Å². The third-order valence-corrected chi connectivity index (χ3v) is 5.45. The normalized spacial score (nSPS) is 34.9. The van der Waals surface area contributed by atoms with Gasteiger partial charge in [-0.2, -0.15) is 5.10 Å². The Balaban J connectivity index is 1.58. The Hall–Kier alpha value is -1.98. The molecule has 4 aliphatic rings. The fourth-order valence-corrected chi connectivity index (χ4v) is 4.47. The van der Waals surface area contributed by atoms with Crippen LogP contribution in [0.15, 0.2) is 29.1 Å². The van der Waals surface area contributed by atoms with Crippen LogP contribution in [0.4, 0.5) is 8.78 Å². The van der Waals surface area contributed by atoms with E-state index in [9.17, 15) is 13.6 Å². The van der Waals surface area contributed by atoms with Gasteiger partial charge in [-0.3, -0.25) is 4.57 Å². The highest BCUT2D eigenvalue weighted by Gasteiger charge is 2.71. The standard InChI is InChI=1S/C16H15F2N3O/c17-11-3-1-2-10(6-11)12-4-5-13-19-21(14(22)20(12)13)16-7-15(18,8-16)9-16/h1-3,6,12H,4-5,7-9H2/t12-,15?,16?/m0/s1. The molecule has 6 heteroatoms. The molecule has 3 aliphatic carbocycles. The molecular weight excluding hydrogens is 288 g/mol. The van der Waals surface area contributed by atoms with Gasteiger partial charge in [-0.05, 0) is 24.1 Å². The van der Waals surface area contributed by atoms with E-state index < -0.39 is 11.2 Å². The lowest BCUT2D eigenvalue weighted by molar-refractivity contribution is -0.205. The van der Waals surface area contributed by atoms with Crippen LogP contribution in [0.3, 0.4) is 0 Å². The Morgan fingerprint density at radius 3 is 2.73 bits per heavy atom. The third-order valence-electron chi connectivity index (χ3n) is 5.45. The number of benzene rings is 1. The predicted molar refractivity (Wildman–Crippen MR) is 75.0 cm³/mol. The maximum absolute atomic E-state index is 13.7. The molecule has 1 atom stereocenters. The molecule has 0 saturated heterocycles. The number of hydrogen-bond donors (Lipinski definition) is 0. The minimum atomic E-state index is -1.06. The SMILES string of the molecule is O=c1n(C23CC(F)(C2)C3)nc2n1[C@H](c1cccc(F)c1)CC2. The summed E-state index contributed by atoms with van der Waals surface area (Å²) in [5.74, 6) is 0.432. The first-order valence-corrected chi connectivity index (χ1v) is 7.65. The van der Waals surface area contributed by atoms with Gasteiger partial charge in [0, 0.05) is 25.7 Å². The molecule has 1 aromatic heterocycles. The van der Waals surface area contributed by atoms with Crippen LogP contribution in [0.2, 0.25) is 0 Å². The lowest BCUT2D eigenvalue weighted by atomic mass is 9.47. The number of halogens is 2. The summed E-state index contributed by atoms with van der Waals surface area (Å²) in [6.45, 7) is 0. The Morgan fingerprint density at radius 2 is 2.05 bits per heavy atom. The zero-order valence-corrected chi connectivity index (χ0v) is 11.9. The van der Waals surface area contributed by atoms with Crippen LogP contribution < -0.4 is 5.69 Å². The smallest absolute Gasteiger partial charge is 0.271 e. The molecule has 0 amide bonds. The van der Waals surface area contributed by atoms with Crippen LogP contribution in [-0.4, -0.2) is 20.0 Å². The average Bonchev–Trinajstić information content (AvgIpc) is 2.95. The summed E-state index contributed by atoms with van der Waals surface area (Å²) in [6, 6.07) is 6.20. The number of aryl methyl sites for hydroxylation is 1. The minimum Gasteiger partial charge on any atom is -0.271 e. The van der Waals surface area contributed by atoms with Crippen molar-refractivity contribution in [2.75, 3.05) is 0 Å². The first kappa shape index (κ1) is 12.6. The Bertz CT molecular complexity index is 834. The van der Waals surface area contributed by atoms with Crippen LogP contribution in [0.25, 0.3) is 0 Å². The van der Waals surface area contributed by atoms with Crippen molar-refractivity contribution in [3.05, 3.63) is 52.0 Å². The van der Waals surface area contributed by atoms with Crippen molar-refractivity contribution in [1.29, 1.82) is 0 Å². The molecule has 4 nitrogen and oxygen atoms in total. The molecule has 2 bridgehead atoms. The first-order chi connectivity index (χ1) is 10.5. The highest BCUT2D eigenvalue weighted by atomic mass is 19.1. The Morgan fingerprint density at radius 1 is 1.27 bits per heavy atom. The topological polar surface area (TPSA) is 39.8 Å². The van der Waals surface area contributed by atoms with Crippen molar-refractivity contribution in [3.8, 4) is 0 Å². The van der Waals surface area contributed by atoms with E-state index in [1.807, 2.05) is 6.07 Å². The van der Waals surface area contributed by atoms with E-state index in [0.717, 1.165) is 17.8 Å². The van der Waals surface area contributed by atoms with Crippen molar-refractivity contribution in [2.45, 2.75) is 49.4 Å². The van der Waals surface area contributed by atoms with E-state index in [0.29, 0.717) is 25.7 Å². The Kier molecular flexibility index (Phi) is 2.09. The largest absolute Gasteiger partial charge is 0.347 e. The lowest BCUT2D eigenvalue weighted by Crippen LogP contribution is -2.72. The lowest BCUT2D eigenvalue weighted by Gasteiger charge is -2.64. The van der Waals surface area contributed by atoms with Gasteiger partial charge in [0.25, 0.3) is 0 Å². The van der Waals surface area contributed by atoms with Gasteiger partial charge in [0.15, 0.2) is 0 Å². The maximum Gasteiger partial charge on any atom is 0.347 e. The fourth-order valence-electron chi connectivity index (χ4n) is 4.47. The molecule has 22 heavy (non-hydrogen) atoms. The third kappa shape index (κ3) is 1.40. The number of hydrogen-bond acceptors (Lipinski definition) is 2. The molecule has 0 radical (unpaired) electrons. The molecule has 6 rings (SSSR count). The van der Waals surface area contributed by atoms with Crippen molar-refractivity contribution < 1.29 is 8.78 Å². The second-order valence-corrected chi connectivity index (χ2v) is 7.00. The number of alkyl halides is 1. The monoisotopic (exact) mass is 303 g/mol.